The third-order valence-electron chi connectivity index (χ3n) is 2.12. The maximum atomic E-state index is 11.9. The molecular formula is C10H10BrN3O2S2. The SMILES string of the molecule is Nc1ccccc1CS(=O)(=O)Nc1ncc(Br)s1. The number of nitrogens with two attached hydrogens (primary N) is 1. The predicted octanol–water partition coefficient (Wildman–Crippen LogP) is 2.43. The molecule has 0 atom stereocenters. The van der Waals surface area contributed by atoms with Crippen molar-refractivity contribution in [3.8, 4) is 0 Å². The summed E-state index contributed by atoms with van der Waals surface area (Å²) in [5, 5.41) is 0.330. The second-order valence-corrected chi connectivity index (χ2v) is 7.66. The number of thiazole rings is 1. The van der Waals surface area contributed by atoms with Crippen molar-refractivity contribution in [1.29, 1.82) is 0 Å². The van der Waals surface area contributed by atoms with Crippen LogP contribution in [0.25, 0.3) is 0 Å². The molecule has 5 nitrogen and oxygen atoms in total. The molecule has 1 aromatic carbocycles. The van der Waals surface area contributed by atoms with Gasteiger partial charge in [0.2, 0.25) is 10.0 Å². The minimum atomic E-state index is -3.50. The van der Waals surface area contributed by atoms with Crippen molar-refractivity contribution >= 4 is 48.1 Å². The zero-order valence-electron chi connectivity index (χ0n) is 9.13. The number of halogens is 1. The Balaban J connectivity index is 2.15. The van der Waals surface area contributed by atoms with E-state index in [2.05, 4.69) is 25.6 Å². The highest BCUT2D eigenvalue weighted by Gasteiger charge is 2.15. The number of hydrogen-bond donors (Lipinski definition) is 2. The van der Waals surface area contributed by atoms with Gasteiger partial charge >= 0.3 is 0 Å². The Morgan fingerprint density at radius 2 is 2.11 bits per heavy atom. The Bertz CT molecular complexity index is 655. The molecule has 1 aromatic heterocycles. The van der Waals surface area contributed by atoms with E-state index in [-0.39, 0.29) is 5.75 Å². The van der Waals surface area contributed by atoms with Gasteiger partial charge in [-0.15, -0.1) is 0 Å². The van der Waals surface area contributed by atoms with E-state index >= 15 is 0 Å². The first-order chi connectivity index (χ1) is 8.46. The van der Waals surface area contributed by atoms with Gasteiger partial charge < -0.3 is 5.73 Å². The number of para-hydroxylation sites is 1. The monoisotopic (exact) mass is 347 g/mol. The molecule has 0 aliphatic heterocycles. The van der Waals surface area contributed by atoms with Gasteiger partial charge in [0.1, 0.15) is 0 Å². The van der Waals surface area contributed by atoms with Crippen LogP contribution in [0.15, 0.2) is 34.2 Å². The number of benzene rings is 1. The molecule has 0 amide bonds. The maximum absolute atomic E-state index is 11.9. The van der Waals surface area contributed by atoms with Crippen LogP contribution >= 0.6 is 27.3 Å². The average molecular weight is 348 g/mol. The standard InChI is InChI=1S/C10H10BrN3O2S2/c11-9-5-13-10(17-9)14-18(15,16)6-7-3-1-2-4-8(7)12/h1-5H,6,12H2,(H,13,14). The summed E-state index contributed by atoms with van der Waals surface area (Å²) in [6.07, 6.45) is 1.54. The van der Waals surface area contributed by atoms with Crippen molar-refractivity contribution in [1.82, 2.24) is 4.98 Å². The molecule has 0 aliphatic rings. The Labute approximate surface area is 117 Å². The fourth-order valence-corrected chi connectivity index (χ4v) is 3.91. The van der Waals surface area contributed by atoms with Gasteiger partial charge in [-0.1, -0.05) is 29.5 Å². The van der Waals surface area contributed by atoms with Gasteiger partial charge in [-0.05, 0) is 27.6 Å². The van der Waals surface area contributed by atoms with Crippen LogP contribution in [-0.4, -0.2) is 13.4 Å². The van der Waals surface area contributed by atoms with Gasteiger partial charge in [-0.2, -0.15) is 0 Å². The van der Waals surface area contributed by atoms with Crippen LogP contribution in [0.3, 0.4) is 0 Å². The molecular weight excluding hydrogens is 338 g/mol. The molecule has 0 saturated heterocycles. The fraction of sp³-hybridized carbons (Fsp3) is 0.100. The zero-order valence-corrected chi connectivity index (χ0v) is 12.3. The molecule has 18 heavy (non-hydrogen) atoms. The maximum Gasteiger partial charge on any atom is 0.238 e. The summed E-state index contributed by atoms with van der Waals surface area (Å²) >= 11 is 4.43. The zero-order chi connectivity index (χ0) is 13.2. The largest absolute Gasteiger partial charge is 0.398 e. The molecule has 96 valence electrons. The van der Waals surface area contributed by atoms with Gasteiger partial charge in [-0.25, -0.2) is 13.4 Å². The highest BCUT2D eigenvalue weighted by molar-refractivity contribution is 9.11. The number of sulfonamides is 1. The van der Waals surface area contributed by atoms with Crippen molar-refractivity contribution in [3.05, 3.63) is 39.8 Å². The van der Waals surface area contributed by atoms with E-state index in [0.717, 1.165) is 3.79 Å². The molecule has 0 fully saturated rings. The molecule has 2 aromatic rings. The lowest BCUT2D eigenvalue weighted by Gasteiger charge is -2.07. The van der Waals surface area contributed by atoms with Crippen LogP contribution in [0.4, 0.5) is 10.8 Å². The van der Waals surface area contributed by atoms with E-state index in [4.69, 9.17) is 5.73 Å². The third kappa shape index (κ3) is 3.44. The van der Waals surface area contributed by atoms with Gasteiger partial charge in [0.25, 0.3) is 0 Å². The molecule has 1 heterocycles. The number of nitrogen functional groups attached to an aromatic ring is 1. The molecule has 0 saturated carbocycles. The van der Waals surface area contributed by atoms with Gasteiger partial charge in [0, 0.05) is 5.69 Å². The normalized spacial score (nSPS) is 11.4. The molecule has 0 bridgehead atoms. The third-order valence-corrected chi connectivity index (χ3v) is 4.84. The van der Waals surface area contributed by atoms with Crippen LogP contribution < -0.4 is 10.5 Å². The molecule has 0 spiro atoms. The topological polar surface area (TPSA) is 85.1 Å². The summed E-state index contributed by atoms with van der Waals surface area (Å²) in [4.78, 5) is 3.92. The lowest BCUT2D eigenvalue weighted by Crippen LogP contribution is -2.15. The first-order valence-electron chi connectivity index (χ1n) is 4.91. The first kappa shape index (κ1) is 13.3. The quantitative estimate of drug-likeness (QED) is 0.831. The number of rotatable bonds is 4. The summed E-state index contributed by atoms with van der Waals surface area (Å²) in [5.41, 5.74) is 6.74. The Hall–Kier alpha value is -1.12. The molecule has 0 radical (unpaired) electrons. The van der Waals surface area contributed by atoms with Gasteiger partial charge in [0.15, 0.2) is 5.13 Å². The predicted molar refractivity (Wildman–Crippen MR) is 76.9 cm³/mol. The van der Waals surface area contributed by atoms with E-state index in [1.807, 2.05) is 0 Å². The Morgan fingerprint density at radius 3 is 2.72 bits per heavy atom. The van der Waals surface area contributed by atoms with Gasteiger partial charge in [-0.3, -0.25) is 4.72 Å². The number of hydrogen-bond acceptors (Lipinski definition) is 5. The van der Waals surface area contributed by atoms with Crippen LogP contribution in [-0.2, 0) is 15.8 Å². The number of anilines is 2. The van der Waals surface area contributed by atoms with Gasteiger partial charge in [0.05, 0.1) is 15.7 Å². The highest BCUT2D eigenvalue weighted by atomic mass is 79.9. The molecule has 2 rings (SSSR count). The van der Waals surface area contributed by atoms with E-state index in [0.29, 0.717) is 16.4 Å². The smallest absolute Gasteiger partial charge is 0.238 e. The lowest BCUT2D eigenvalue weighted by molar-refractivity contribution is 0.600. The second-order valence-electron chi connectivity index (χ2n) is 3.53. The number of aromatic nitrogens is 1. The molecule has 0 unspecified atom stereocenters. The van der Waals surface area contributed by atoms with E-state index in [1.54, 1.807) is 30.5 Å². The van der Waals surface area contributed by atoms with Crippen molar-refractivity contribution < 1.29 is 8.42 Å². The van der Waals surface area contributed by atoms with Crippen LogP contribution in [0.2, 0.25) is 0 Å². The van der Waals surface area contributed by atoms with Crippen LogP contribution in [0.5, 0.6) is 0 Å². The van der Waals surface area contributed by atoms with Crippen molar-refractivity contribution in [3.63, 3.8) is 0 Å². The Morgan fingerprint density at radius 1 is 1.39 bits per heavy atom. The number of nitrogens with zero attached hydrogens (tertiary/aromatic N) is 1. The van der Waals surface area contributed by atoms with E-state index in [9.17, 15) is 8.42 Å². The fourth-order valence-electron chi connectivity index (χ4n) is 1.34. The summed E-state index contributed by atoms with van der Waals surface area (Å²) in [7, 11) is -3.50. The summed E-state index contributed by atoms with van der Waals surface area (Å²) in [5.74, 6) is -0.170. The summed E-state index contributed by atoms with van der Waals surface area (Å²) in [6.45, 7) is 0. The Kier molecular flexibility index (Phi) is 3.88. The molecule has 8 heteroatoms. The van der Waals surface area contributed by atoms with Crippen molar-refractivity contribution in [2.24, 2.45) is 0 Å². The van der Waals surface area contributed by atoms with Crippen molar-refractivity contribution in [2.75, 3.05) is 10.5 Å². The summed E-state index contributed by atoms with van der Waals surface area (Å²) < 4.78 is 27.0. The average Bonchev–Trinajstić information content (AvgIpc) is 2.66. The minimum Gasteiger partial charge on any atom is -0.398 e. The lowest BCUT2D eigenvalue weighted by atomic mass is 10.2. The number of nitrogens with one attached hydrogen (secondary N) is 1. The first-order valence-corrected chi connectivity index (χ1v) is 8.18. The van der Waals surface area contributed by atoms with Crippen molar-refractivity contribution in [2.45, 2.75) is 5.75 Å². The second kappa shape index (κ2) is 5.25. The van der Waals surface area contributed by atoms with Crippen LogP contribution in [0, 0.1) is 0 Å². The van der Waals surface area contributed by atoms with E-state index in [1.165, 1.54) is 11.3 Å². The molecule has 0 aliphatic carbocycles. The van der Waals surface area contributed by atoms with E-state index < -0.39 is 10.0 Å². The summed E-state index contributed by atoms with van der Waals surface area (Å²) in [6, 6.07) is 6.87. The van der Waals surface area contributed by atoms with Crippen LogP contribution in [0.1, 0.15) is 5.56 Å². The minimum absolute atomic E-state index is 0.170. The molecule has 3 N–H and O–H groups in total. The highest BCUT2D eigenvalue weighted by Crippen LogP contribution is 2.25.